The van der Waals surface area contributed by atoms with E-state index in [9.17, 15) is 0 Å². The third-order valence-electron chi connectivity index (χ3n) is 3.32. The van der Waals surface area contributed by atoms with Crippen LogP contribution in [-0.4, -0.2) is 31.3 Å². The highest BCUT2D eigenvalue weighted by atomic mass is 16.6. The summed E-state index contributed by atoms with van der Waals surface area (Å²) in [6.07, 6.45) is 3.69. The molecule has 0 saturated carbocycles. The maximum absolute atomic E-state index is 5.79. The molecule has 1 aliphatic heterocycles. The zero-order valence-corrected chi connectivity index (χ0v) is 12.2. The van der Waals surface area contributed by atoms with Gasteiger partial charge in [0.1, 0.15) is 13.2 Å². The molecular formula is C16H20N2O3. The molecule has 0 unspecified atom stereocenters. The van der Waals surface area contributed by atoms with E-state index in [-0.39, 0.29) is 0 Å². The zero-order chi connectivity index (χ0) is 14.5. The minimum Gasteiger partial charge on any atom is -0.486 e. The normalized spacial score (nSPS) is 13.4. The van der Waals surface area contributed by atoms with Crippen LogP contribution in [0.1, 0.15) is 19.2 Å². The topological polar surface area (TPSA) is 56.5 Å². The molecule has 112 valence electrons. The molecule has 0 saturated heterocycles. The third kappa shape index (κ3) is 3.36. The number of nitrogens with zero attached hydrogens (tertiary/aromatic N) is 1. The van der Waals surface area contributed by atoms with Crippen LogP contribution in [0.25, 0.3) is 11.3 Å². The smallest absolute Gasteiger partial charge is 0.196 e. The van der Waals surface area contributed by atoms with E-state index in [0.717, 1.165) is 54.6 Å². The number of fused-ring (bicyclic) bond motifs is 1. The van der Waals surface area contributed by atoms with Crippen molar-refractivity contribution in [3.05, 3.63) is 30.3 Å². The van der Waals surface area contributed by atoms with Crippen LogP contribution in [0.4, 0.5) is 0 Å². The van der Waals surface area contributed by atoms with E-state index in [1.165, 1.54) is 0 Å². The van der Waals surface area contributed by atoms with Crippen LogP contribution in [0.2, 0.25) is 0 Å². The second-order valence-electron chi connectivity index (χ2n) is 4.98. The first-order valence-electron chi connectivity index (χ1n) is 7.42. The molecule has 0 amide bonds. The van der Waals surface area contributed by atoms with Gasteiger partial charge < -0.3 is 19.2 Å². The maximum Gasteiger partial charge on any atom is 0.196 e. The fraction of sp³-hybridized carbons (Fsp3) is 0.438. The quantitative estimate of drug-likeness (QED) is 0.828. The standard InChI is InChI=1S/C16H20N2O3/c1-2-6-17-7-5-16-18-11-15(21-16)12-3-4-13-14(10-12)20-9-8-19-13/h3-4,10-11,17H,2,5-9H2,1H3. The summed E-state index contributed by atoms with van der Waals surface area (Å²) in [6.45, 7) is 5.24. The summed E-state index contributed by atoms with van der Waals surface area (Å²) in [7, 11) is 0. The third-order valence-corrected chi connectivity index (χ3v) is 3.32. The van der Waals surface area contributed by atoms with Crippen molar-refractivity contribution in [3.63, 3.8) is 0 Å². The number of hydrogen-bond donors (Lipinski definition) is 1. The Morgan fingerprint density at radius 2 is 2.00 bits per heavy atom. The molecule has 2 heterocycles. The summed E-state index contributed by atoms with van der Waals surface area (Å²) in [4.78, 5) is 4.32. The number of nitrogens with one attached hydrogen (secondary N) is 1. The summed E-state index contributed by atoms with van der Waals surface area (Å²) in [5, 5.41) is 3.34. The average Bonchev–Trinajstić information content (AvgIpc) is 3.00. The van der Waals surface area contributed by atoms with Crippen molar-refractivity contribution in [3.8, 4) is 22.8 Å². The van der Waals surface area contributed by atoms with E-state index in [0.29, 0.717) is 13.2 Å². The molecule has 5 heteroatoms. The van der Waals surface area contributed by atoms with Gasteiger partial charge in [-0.2, -0.15) is 0 Å². The first-order valence-corrected chi connectivity index (χ1v) is 7.42. The molecule has 1 aliphatic rings. The largest absolute Gasteiger partial charge is 0.486 e. The predicted octanol–water partition coefficient (Wildman–Crippen LogP) is 2.65. The van der Waals surface area contributed by atoms with Crippen molar-refractivity contribution < 1.29 is 13.9 Å². The van der Waals surface area contributed by atoms with E-state index in [4.69, 9.17) is 13.9 Å². The van der Waals surface area contributed by atoms with Gasteiger partial charge in [-0.1, -0.05) is 6.92 Å². The Bertz CT molecular complexity index is 595. The van der Waals surface area contributed by atoms with E-state index < -0.39 is 0 Å². The molecule has 1 aromatic heterocycles. The summed E-state index contributed by atoms with van der Waals surface area (Å²) >= 11 is 0. The van der Waals surface area contributed by atoms with Gasteiger partial charge in [0, 0.05) is 18.5 Å². The Morgan fingerprint density at radius 3 is 2.86 bits per heavy atom. The minimum absolute atomic E-state index is 0.585. The van der Waals surface area contributed by atoms with Crippen molar-refractivity contribution >= 4 is 0 Å². The molecule has 1 aromatic carbocycles. The van der Waals surface area contributed by atoms with Crippen LogP contribution in [0.15, 0.2) is 28.8 Å². The Labute approximate surface area is 124 Å². The summed E-state index contributed by atoms with van der Waals surface area (Å²) in [6, 6.07) is 5.82. The van der Waals surface area contributed by atoms with Crippen LogP contribution in [0, 0.1) is 0 Å². The van der Waals surface area contributed by atoms with Crippen LogP contribution in [0.3, 0.4) is 0 Å². The molecule has 0 fully saturated rings. The maximum atomic E-state index is 5.79. The molecule has 0 aliphatic carbocycles. The van der Waals surface area contributed by atoms with Gasteiger partial charge in [0.2, 0.25) is 0 Å². The van der Waals surface area contributed by atoms with Crippen LogP contribution in [0.5, 0.6) is 11.5 Å². The minimum atomic E-state index is 0.585. The Kier molecular flexibility index (Phi) is 4.40. The number of oxazole rings is 1. The van der Waals surface area contributed by atoms with Crippen LogP contribution in [-0.2, 0) is 6.42 Å². The first kappa shape index (κ1) is 13.9. The molecule has 0 bridgehead atoms. The van der Waals surface area contributed by atoms with E-state index in [1.807, 2.05) is 18.2 Å². The van der Waals surface area contributed by atoms with Gasteiger partial charge in [-0.3, -0.25) is 0 Å². The van der Waals surface area contributed by atoms with Crippen molar-refractivity contribution in [2.24, 2.45) is 0 Å². The predicted molar refractivity (Wildman–Crippen MR) is 79.8 cm³/mol. The Morgan fingerprint density at radius 1 is 1.14 bits per heavy atom. The summed E-state index contributed by atoms with van der Waals surface area (Å²) < 4.78 is 16.9. The van der Waals surface area contributed by atoms with Gasteiger partial charge in [0.05, 0.1) is 6.20 Å². The SMILES string of the molecule is CCCNCCc1ncc(-c2ccc3c(c2)OCCO3)o1. The Hall–Kier alpha value is -2.01. The highest BCUT2D eigenvalue weighted by Gasteiger charge is 2.14. The fourth-order valence-electron chi connectivity index (χ4n) is 2.25. The van der Waals surface area contributed by atoms with E-state index in [1.54, 1.807) is 6.20 Å². The van der Waals surface area contributed by atoms with Crippen molar-refractivity contribution in [2.45, 2.75) is 19.8 Å². The second kappa shape index (κ2) is 6.63. The summed E-state index contributed by atoms with van der Waals surface area (Å²) in [5.41, 5.74) is 0.958. The van der Waals surface area contributed by atoms with Crippen molar-refractivity contribution in [1.82, 2.24) is 10.3 Å². The van der Waals surface area contributed by atoms with E-state index in [2.05, 4.69) is 17.2 Å². The molecule has 5 nitrogen and oxygen atoms in total. The van der Waals surface area contributed by atoms with Crippen LogP contribution < -0.4 is 14.8 Å². The van der Waals surface area contributed by atoms with Gasteiger partial charge in [0.25, 0.3) is 0 Å². The molecule has 0 spiro atoms. The number of benzene rings is 1. The van der Waals surface area contributed by atoms with Crippen LogP contribution >= 0.6 is 0 Å². The average molecular weight is 288 g/mol. The molecule has 3 rings (SSSR count). The number of ether oxygens (including phenoxy) is 2. The number of hydrogen-bond acceptors (Lipinski definition) is 5. The molecule has 0 atom stereocenters. The first-order chi connectivity index (χ1) is 10.4. The van der Waals surface area contributed by atoms with Gasteiger partial charge in [-0.25, -0.2) is 4.98 Å². The molecule has 2 aromatic rings. The van der Waals surface area contributed by atoms with Crippen molar-refractivity contribution in [2.75, 3.05) is 26.3 Å². The van der Waals surface area contributed by atoms with Gasteiger partial charge in [-0.15, -0.1) is 0 Å². The highest BCUT2D eigenvalue weighted by molar-refractivity contribution is 5.62. The second-order valence-corrected chi connectivity index (χ2v) is 4.98. The molecule has 1 N–H and O–H groups in total. The summed E-state index contributed by atoms with van der Waals surface area (Å²) in [5.74, 6) is 3.07. The molecular weight excluding hydrogens is 268 g/mol. The zero-order valence-electron chi connectivity index (χ0n) is 12.2. The van der Waals surface area contributed by atoms with E-state index >= 15 is 0 Å². The fourth-order valence-corrected chi connectivity index (χ4v) is 2.25. The number of aromatic nitrogens is 1. The lowest BCUT2D eigenvalue weighted by Gasteiger charge is -2.18. The molecule has 0 radical (unpaired) electrons. The van der Waals surface area contributed by atoms with Gasteiger partial charge in [0.15, 0.2) is 23.1 Å². The van der Waals surface area contributed by atoms with Crippen molar-refractivity contribution in [1.29, 1.82) is 0 Å². The lowest BCUT2D eigenvalue weighted by molar-refractivity contribution is 0.171. The number of rotatable bonds is 6. The Balaban J connectivity index is 1.68. The highest BCUT2D eigenvalue weighted by Crippen LogP contribution is 2.34. The lowest BCUT2D eigenvalue weighted by Crippen LogP contribution is -2.17. The van der Waals surface area contributed by atoms with Gasteiger partial charge >= 0.3 is 0 Å². The monoisotopic (exact) mass is 288 g/mol. The lowest BCUT2D eigenvalue weighted by atomic mass is 10.1. The van der Waals surface area contributed by atoms with Gasteiger partial charge in [-0.05, 0) is 31.2 Å². The molecule has 21 heavy (non-hydrogen) atoms.